The topological polar surface area (TPSA) is 50.5 Å². The second-order valence-electron chi connectivity index (χ2n) is 4.90. The predicted octanol–water partition coefficient (Wildman–Crippen LogP) is 1.68. The molecule has 5 nitrogen and oxygen atoms in total. The fourth-order valence-electron chi connectivity index (χ4n) is 2.47. The van der Waals surface area contributed by atoms with Crippen LogP contribution in [0.4, 0.5) is 5.69 Å². The molecule has 0 aliphatic carbocycles. The molecule has 20 heavy (non-hydrogen) atoms. The van der Waals surface area contributed by atoms with Gasteiger partial charge in [0.1, 0.15) is 11.4 Å². The molecule has 3 rings (SSSR count). The Hall–Kier alpha value is -2.01. The van der Waals surface area contributed by atoms with Crippen molar-refractivity contribution in [3.05, 3.63) is 41.8 Å². The van der Waals surface area contributed by atoms with Crippen molar-refractivity contribution >= 4 is 5.69 Å². The molecule has 1 aromatic carbocycles. The minimum absolute atomic E-state index is 0.753. The van der Waals surface area contributed by atoms with E-state index in [1.54, 1.807) is 7.11 Å². The summed E-state index contributed by atoms with van der Waals surface area (Å²) < 4.78 is 10.6. The number of hydrogen-bond acceptors (Lipinski definition) is 5. The minimum atomic E-state index is 0.753. The Balaban J connectivity index is 1.75. The number of hydrogen-bond donors (Lipinski definition) is 1. The monoisotopic (exact) mass is 273 g/mol. The molecule has 1 aliphatic heterocycles. The van der Waals surface area contributed by atoms with Crippen LogP contribution in [0.1, 0.15) is 11.3 Å². The maximum absolute atomic E-state index is 5.44. The molecule has 106 valence electrons. The van der Waals surface area contributed by atoms with Crippen LogP contribution in [-0.2, 0) is 6.42 Å². The van der Waals surface area contributed by atoms with E-state index in [2.05, 4.69) is 27.5 Å². The number of aromatic nitrogens is 1. The van der Waals surface area contributed by atoms with Crippen LogP contribution in [0, 0.1) is 0 Å². The van der Waals surface area contributed by atoms with Gasteiger partial charge in [0.05, 0.1) is 13.3 Å². The van der Waals surface area contributed by atoms with Crippen LogP contribution in [0.5, 0.6) is 5.75 Å². The van der Waals surface area contributed by atoms with Crippen molar-refractivity contribution in [1.82, 2.24) is 10.5 Å². The summed E-state index contributed by atoms with van der Waals surface area (Å²) in [6.45, 7) is 4.01. The van der Waals surface area contributed by atoms with E-state index in [1.807, 2.05) is 18.3 Å². The third-order valence-corrected chi connectivity index (χ3v) is 3.60. The Morgan fingerprint density at radius 2 is 2.00 bits per heavy atom. The average Bonchev–Trinajstić information content (AvgIpc) is 2.97. The molecule has 1 saturated heterocycles. The summed E-state index contributed by atoms with van der Waals surface area (Å²) >= 11 is 0. The van der Waals surface area contributed by atoms with E-state index < -0.39 is 0 Å². The smallest absolute Gasteiger partial charge is 0.164 e. The van der Waals surface area contributed by atoms with E-state index in [4.69, 9.17) is 9.26 Å². The van der Waals surface area contributed by atoms with Crippen LogP contribution in [0.2, 0.25) is 0 Å². The van der Waals surface area contributed by atoms with Crippen molar-refractivity contribution in [3.63, 3.8) is 0 Å². The molecule has 0 amide bonds. The zero-order valence-electron chi connectivity index (χ0n) is 11.6. The van der Waals surface area contributed by atoms with Gasteiger partial charge in [0.15, 0.2) is 5.76 Å². The van der Waals surface area contributed by atoms with Gasteiger partial charge in [0.2, 0.25) is 0 Å². The third kappa shape index (κ3) is 2.77. The molecule has 0 unspecified atom stereocenters. The van der Waals surface area contributed by atoms with Crippen molar-refractivity contribution in [2.45, 2.75) is 6.42 Å². The summed E-state index contributed by atoms with van der Waals surface area (Å²) in [5.74, 6) is 1.80. The molecule has 1 fully saturated rings. The minimum Gasteiger partial charge on any atom is -0.497 e. The standard InChI is InChI=1S/C15H19N3O2/c1-19-13-4-2-12(3-5-13)10-15-14(11-17-20-15)18-8-6-16-7-9-18/h2-5,11,16H,6-10H2,1H3. The first-order valence-electron chi connectivity index (χ1n) is 6.89. The van der Waals surface area contributed by atoms with E-state index in [0.29, 0.717) is 0 Å². The van der Waals surface area contributed by atoms with Gasteiger partial charge in [-0.15, -0.1) is 0 Å². The highest BCUT2D eigenvalue weighted by Crippen LogP contribution is 2.24. The molecule has 0 bridgehead atoms. The largest absolute Gasteiger partial charge is 0.497 e. The lowest BCUT2D eigenvalue weighted by molar-refractivity contribution is 0.389. The molecule has 0 radical (unpaired) electrons. The van der Waals surface area contributed by atoms with Crippen LogP contribution < -0.4 is 15.0 Å². The molecule has 1 aromatic heterocycles. The number of anilines is 1. The Morgan fingerprint density at radius 3 is 2.70 bits per heavy atom. The molecule has 5 heteroatoms. The number of piperazine rings is 1. The summed E-state index contributed by atoms with van der Waals surface area (Å²) in [5, 5.41) is 7.32. The average molecular weight is 273 g/mol. The normalized spacial score (nSPS) is 15.3. The number of methoxy groups -OCH3 is 1. The van der Waals surface area contributed by atoms with Gasteiger partial charge in [0.25, 0.3) is 0 Å². The Bertz CT molecular complexity index is 545. The van der Waals surface area contributed by atoms with Crippen molar-refractivity contribution < 1.29 is 9.26 Å². The van der Waals surface area contributed by atoms with Crippen molar-refractivity contribution in [3.8, 4) is 5.75 Å². The lowest BCUT2D eigenvalue weighted by Gasteiger charge is -2.28. The highest BCUT2D eigenvalue weighted by molar-refractivity contribution is 5.50. The SMILES string of the molecule is COc1ccc(Cc2oncc2N2CCNCC2)cc1. The molecular formula is C15H19N3O2. The van der Waals surface area contributed by atoms with Gasteiger partial charge >= 0.3 is 0 Å². The fourth-order valence-corrected chi connectivity index (χ4v) is 2.47. The van der Waals surface area contributed by atoms with Gasteiger partial charge in [-0.2, -0.15) is 0 Å². The number of benzene rings is 1. The first kappa shape index (κ1) is 13.0. The van der Waals surface area contributed by atoms with Gasteiger partial charge in [-0.1, -0.05) is 17.3 Å². The van der Waals surface area contributed by atoms with Gasteiger partial charge in [-0.3, -0.25) is 0 Å². The lowest BCUT2D eigenvalue weighted by Crippen LogP contribution is -2.43. The second-order valence-corrected chi connectivity index (χ2v) is 4.90. The molecule has 0 saturated carbocycles. The number of nitrogens with one attached hydrogen (secondary N) is 1. The molecule has 2 aromatic rings. The molecule has 0 atom stereocenters. The summed E-state index contributed by atoms with van der Waals surface area (Å²) in [6, 6.07) is 8.05. The van der Waals surface area contributed by atoms with Crippen molar-refractivity contribution in [2.24, 2.45) is 0 Å². The first-order valence-corrected chi connectivity index (χ1v) is 6.89. The molecule has 1 aliphatic rings. The van der Waals surface area contributed by atoms with Crippen molar-refractivity contribution in [2.75, 3.05) is 38.2 Å². The summed E-state index contributed by atoms with van der Waals surface area (Å²) in [7, 11) is 1.67. The maximum Gasteiger partial charge on any atom is 0.164 e. The fraction of sp³-hybridized carbons (Fsp3) is 0.400. The molecular weight excluding hydrogens is 254 g/mol. The molecule has 1 N–H and O–H groups in total. The molecule has 2 heterocycles. The maximum atomic E-state index is 5.44. The lowest BCUT2D eigenvalue weighted by atomic mass is 10.1. The highest BCUT2D eigenvalue weighted by atomic mass is 16.5. The summed E-state index contributed by atoms with van der Waals surface area (Å²) in [5.41, 5.74) is 2.31. The summed E-state index contributed by atoms with van der Waals surface area (Å²) in [6.07, 6.45) is 2.58. The second kappa shape index (κ2) is 5.96. The number of rotatable bonds is 4. The Kier molecular flexibility index (Phi) is 3.87. The van der Waals surface area contributed by atoms with Gasteiger partial charge in [0, 0.05) is 32.6 Å². The predicted molar refractivity (Wildman–Crippen MR) is 77.4 cm³/mol. The van der Waals surface area contributed by atoms with Gasteiger partial charge < -0.3 is 19.5 Å². The third-order valence-electron chi connectivity index (χ3n) is 3.60. The van der Waals surface area contributed by atoms with Gasteiger partial charge in [-0.25, -0.2) is 0 Å². The summed E-state index contributed by atoms with van der Waals surface area (Å²) in [4.78, 5) is 2.33. The van der Waals surface area contributed by atoms with Crippen molar-refractivity contribution in [1.29, 1.82) is 0 Å². The van der Waals surface area contributed by atoms with Crippen LogP contribution in [0.15, 0.2) is 35.0 Å². The Morgan fingerprint density at radius 1 is 1.25 bits per heavy atom. The zero-order chi connectivity index (χ0) is 13.8. The first-order chi connectivity index (χ1) is 9.86. The van der Waals surface area contributed by atoms with Crippen LogP contribution in [0.3, 0.4) is 0 Å². The van der Waals surface area contributed by atoms with Gasteiger partial charge in [-0.05, 0) is 17.7 Å². The van der Waals surface area contributed by atoms with E-state index in [1.165, 1.54) is 5.56 Å². The number of nitrogens with zero attached hydrogens (tertiary/aromatic N) is 2. The quantitative estimate of drug-likeness (QED) is 0.918. The number of ether oxygens (including phenoxy) is 1. The zero-order valence-corrected chi connectivity index (χ0v) is 11.6. The van der Waals surface area contributed by atoms with Crippen LogP contribution >= 0.6 is 0 Å². The molecule has 0 spiro atoms. The van der Waals surface area contributed by atoms with Crippen LogP contribution in [0.25, 0.3) is 0 Å². The van der Waals surface area contributed by atoms with Crippen LogP contribution in [-0.4, -0.2) is 38.4 Å². The van der Waals surface area contributed by atoms with E-state index in [0.717, 1.165) is 49.8 Å². The van der Waals surface area contributed by atoms with E-state index >= 15 is 0 Å². The Labute approximate surface area is 118 Å². The van der Waals surface area contributed by atoms with E-state index in [9.17, 15) is 0 Å². The highest BCUT2D eigenvalue weighted by Gasteiger charge is 2.17. The van der Waals surface area contributed by atoms with E-state index in [-0.39, 0.29) is 0 Å².